The summed E-state index contributed by atoms with van der Waals surface area (Å²) in [4.78, 5) is 17.8. The number of methoxy groups -OCH3 is 1. The third kappa shape index (κ3) is 4.88. The quantitative estimate of drug-likeness (QED) is 0.258. The van der Waals surface area contributed by atoms with Gasteiger partial charge in [0.05, 0.1) is 18.7 Å². The molecule has 36 heavy (non-hydrogen) atoms. The topological polar surface area (TPSA) is 78.9 Å². The fourth-order valence-electron chi connectivity index (χ4n) is 3.54. The average Bonchev–Trinajstić information content (AvgIpc) is 3.57. The van der Waals surface area contributed by atoms with E-state index in [9.17, 15) is 4.79 Å². The van der Waals surface area contributed by atoms with Gasteiger partial charge >= 0.3 is 0 Å². The molecule has 0 N–H and O–H groups in total. The highest BCUT2D eigenvalue weighted by atomic mass is 35.5. The van der Waals surface area contributed by atoms with Crippen molar-refractivity contribution in [2.45, 2.75) is 6.92 Å². The number of hydrogen-bond donors (Lipinski definition) is 0. The second kappa shape index (κ2) is 10.2. The van der Waals surface area contributed by atoms with Gasteiger partial charge in [0.25, 0.3) is 5.56 Å². The van der Waals surface area contributed by atoms with Gasteiger partial charge in [-0.2, -0.15) is 9.50 Å². The van der Waals surface area contributed by atoms with Crippen LogP contribution in [-0.4, -0.2) is 28.3 Å². The highest BCUT2D eigenvalue weighted by molar-refractivity contribution is 7.15. The molecule has 0 aliphatic carbocycles. The van der Waals surface area contributed by atoms with Crippen LogP contribution >= 0.6 is 34.5 Å². The summed E-state index contributed by atoms with van der Waals surface area (Å²) in [7, 11) is 1.59. The van der Waals surface area contributed by atoms with Gasteiger partial charge in [-0.3, -0.25) is 4.79 Å². The van der Waals surface area contributed by atoms with Crippen LogP contribution in [0.1, 0.15) is 24.1 Å². The van der Waals surface area contributed by atoms with Gasteiger partial charge < -0.3 is 13.9 Å². The minimum absolute atomic E-state index is 0.274. The third-order valence-electron chi connectivity index (χ3n) is 5.20. The van der Waals surface area contributed by atoms with E-state index in [0.717, 1.165) is 5.56 Å². The number of hydrogen-bond acceptors (Lipinski definition) is 7. The van der Waals surface area contributed by atoms with Crippen molar-refractivity contribution in [2.24, 2.45) is 0 Å². The summed E-state index contributed by atoms with van der Waals surface area (Å²) >= 11 is 13.6. The van der Waals surface area contributed by atoms with E-state index in [-0.39, 0.29) is 5.56 Å². The van der Waals surface area contributed by atoms with E-state index in [1.54, 1.807) is 49.6 Å². The minimum Gasteiger partial charge on any atom is -0.493 e. The van der Waals surface area contributed by atoms with Crippen molar-refractivity contribution in [1.82, 2.24) is 14.6 Å². The standard InChI is InChI=1S/C26H19Cl2N3O4S/c1-3-34-21-9-4-15(12-22(21)33-2)5-11-24-29-26-31(30-24)25(32)23(36-26)14-17-7-10-20(35-17)18-13-16(27)6-8-19(18)28/h4-14H,3H2,1-2H3/b11-5+,23-14-. The number of fused-ring (bicyclic) bond motifs is 1. The Morgan fingerprint density at radius 1 is 1.08 bits per heavy atom. The Balaban J connectivity index is 1.40. The Morgan fingerprint density at radius 2 is 1.94 bits per heavy atom. The predicted octanol–water partition coefficient (Wildman–Crippen LogP) is 5.84. The SMILES string of the molecule is CCOc1ccc(/C=C/c2nc3s/c(=C\c4ccc(-c5cc(Cl)ccc5Cl)o4)c(=O)n3n2)cc1OC. The van der Waals surface area contributed by atoms with Crippen molar-refractivity contribution < 1.29 is 13.9 Å². The monoisotopic (exact) mass is 539 g/mol. The number of benzene rings is 2. The number of halogens is 2. The third-order valence-corrected chi connectivity index (χ3v) is 6.73. The molecule has 0 amide bonds. The Morgan fingerprint density at radius 3 is 2.72 bits per heavy atom. The molecule has 0 saturated carbocycles. The van der Waals surface area contributed by atoms with Crippen molar-refractivity contribution in [3.05, 3.63) is 90.6 Å². The second-order valence-electron chi connectivity index (χ2n) is 7.58. The van der Waals surface area contributed by atoms with Crippen LogP contribution in [0.2, 0.25) is 10.0 Å². The number of thiazole rings is 1. The van der Waals surface area contributed by atoms with Gasteiger partial charge in [0.2, 0.25) is 4.96 Å². The Hall–Kier alpha value is -3.59. The highest BCUT2D eigenvalue weighted by Gasteiger charge is 2.12. The van der Waals surface area contributed by atoms with Crippen molar-refractivity contribution in [3.8, 4) is 22.8 Å². The van der Waals surface area contributed by atoms with E-state index < -0.39 is 0 Å². The normalized spacial score (nSPS) is 12.2. The number of furan rings is 1. The van der Waals surface area contributed by atoms with Gasteiger partial charge in [-0.1, -0.05) is 46.7 Å². The van der Waals surface area contributed by atoms with Crippen LogP contribution in [-0.2, 0) is 0 Å². The number of rotatable bonds is 7. The van der Waals surface area contributed by atoms with Crippen LogP contribution in [0.3, 0.4) is 0 Å². The lowest BCUT2D eigenvalue weighted by Gasteiger charge is -2.09. The van der Waals surface area contributed by atoms with Crippen LogP contribution in [0.4, 0.5) is 0 Å². The van der Waals surface area contributed by atoms with E-state index in [1.807, 2.05) is 31.2 Å². The maximum atomic E-state index is 12.9. The molecule has 5 aromatic rings. The molecule has 182 valence electrons. The van der Waals surface area contributed by atoms with E-state index in [2.05, 4.69) is 10.1 Å². The molecule has 3 aromatic heterocycles. The van der Waals surface area contributed by atoms with Crippen molar-refractivity contribution in [3.63, 3.8) is 0 Å². The number of ether oxygens (including phenoxy) is 2. The van der Waals surface area contributed by atoms with Gasteiger partial charge in [-0.25, -0.2) is 0 Å². The molecule has 0 spiro atoms. The molecule has 0 saturated heterocycles. The first-order valence-corrected chi connectivity index (χ1v) is 12.5. The molecule has 0 radical (unpaired) electrons. The van der Waals surface area contributed by atoms with E-state index in [4.69, 9.17) is 37.1 Å². The predicted molar refractivity (Wildman–Crippen MR) is 143 cm³/mol. The molecule has 3 heterocycles. The lowest BCUT2D eigenvalue weighted by atomic mass is 10.2. The first kappa shape index (κ1) is 24.1. The minimum atomic E-state index is -0.274. The average molecular weight is 540 g/mol. The molecular formula is C26H19Cl2N3O4S. The van der Waals surface area contributed by atoms with Crippen molar-refractivity contribution in [2.75, 3.05) is 13.7 Å². The molecule has 0 atom stereocenters. The van der Waals surface area contributed by atoms with Gasteiger partial charge in [0.15, 0.2) is 17.3 Å². The van der Waals surface area contributed by atoms with Crippen LogP contribution in [0.5, 0.6) is 11.5 Å². The smallest absolute Gasteiger partial charge is 0.291 e. The van der Waals surface area contributed by atoms with Gasteiger partial charge in [-0.05, 0) is 61.0 Å². The van der Waals surface area contributed by atoms with Gasteiger partial charge in [0.1, 0.15) is 16.1 Å². The number of nitrogens with zero attached hydrogens (tertiary/aromatic N) is 3. The zero-order valence-electron chi connectivity index (χ0n) is 19.2. The van der Waals surface area contributed by atoms with E-state index in [0.29, 0.717) is 60.6 Å². The summed E-state index contributed by atoms with van der Waals surface area (Å²) in [5, 5.41) is 5.40. The molecule has 7 nitrogen and oxygen atoms in total. The summed E-state index contributed by atoms with van der Waals surface area (Å²) in [5.41, 5.74) is 1.29. The fraction of sp³-hybridized carbons (Fsp3) is 0.115. The maximum Gasteiger partial charge on any atom is 0.291 e. The summed E-state index contributed by atoms with van der Waals surface area (Å²) in [6.45, 7) is 2.47. The lowest BCUT2D eigenvalue weighted by Crippen LogP contribution is -2.23. The zero-order valence-corrected chi connectivity index (χ0v) is 21.5. The summed E-state index contributed by atoms with van der Waals surface area (Å²) < 4.78 is 18.5. The zero-order chi connectivity index (χ0) is 25.2. The molecule has 0 fully saturated rings. The Bertz CT molecular complexity index is 1700. The van der Waals surface area contributed by atoms with E-state index >= 15 is 0 Å². The molecular weight excluding hydrogens is 521 g/mol. The first-order valence-electron chi connectivity index (χ1n) is 10.9. The molecule has 0 bridgehead atoms. The highest BCUT2D eigenvalue weighted by Crippen LogP contribution is 2.32. The molecule has 0 unspecified atom stereocenters. The molecule has 0 aliphatic rings. The number of aromatic nitrogens is 3. The largest absolute Gasteiger partial charge is 0.493 e. The molecule has 10 heteroatoms. The second-order valence-corrected chi connectivity index (χ2v) is 9.44. The lowest BCUT2D eigenvalue weighted by molar-refractivity contribution is 0.311. The summed E-state index contributed by atoms with van der Waals surface area (Å²) in [6, 6.07) is 14.3. The van der Waals surface area contributed by atoms with Crippen LogP contribution < -0.4 is 19.6 Å². The molecule has 5 rings (SSSR count). The van der Waals surface area contributed by atoms with E-state index in [1.165, 1.54) is 15.9 Å². The fourth-order valence-corrected chi connectivity index (χ4v) is 4.82. The van der Waals surface area contributed by atoms with Crippen LogP contribution in [0.15, 0.2) is 57.7 Å². The Labute approximate surface area is 219 Å². The van der Waals surface area contributed by atoms with Crippen molar-refractivity contribution in [1.29, 1.82) is 0 Å². The Kier molecular flexibility index (Phi) is 6.82. The van der Waals surface area contributed by atoms with Gasteiger partial charge in [0, 0.05) is 16.7 Å². The summed E-state index contributed by atoms with van der Waals surface area (Å²) in [6.07, 6.45) is 5.25. The van der Waals surface area contributed by atoms with Crippen molar-refractivity contribution >= 4 is 57.7 Å². The van der Waals surface area contributed by atoms with Crippen LogP contribution in [0, 0.1) is 0 Å². The first-order chi connectivity index (χ1) is 17.4. The maximum absolute atomic E-state index is 12.9. The molecule has 0 aliphatic heterocycles. The van der Waals surface area contributed by atoms with Crippen LogP contribution in [0.25, 0.3) is 34.5 Å². The summed E-state index contributed by atoms with van der Waals surface area (Å²) in [5.74, 6) is 2.80. The molecule has 2 aromatic carbocycles. The van der Waals surface area contributed by atoms with Gasteiger partial charge in [-0.15, -0.1) is 5.10 Å².